The second kappa shape index (κ2) is 8.43. The third-order valence-electron chi connectivity index (χ3n) is 6.50. The van der Waals surface area contributed by atoms with E-state index in [9.17, 15) is 0 Å². The number of fused-ring (bicyclic) bond motifs is 1. The van der Waals surface area contributed by atoms with Crippen LogP contribution in [0.1, 0.15) is 29.0 Å². The molecule has 0 aliphatic carbocycles. The van der Waals surface area contributed by atoms with Crippen molar-refractivity contribution >= 4 is 33.8 Å². The Morgan fingerprint density at radius 1 is 0.794 bits per heavy atom. The van der Waals surface area contributed by atoms with Crippen molar-refractivity contribution in [2.24, 2.45) is 0 Å². The molecular weight excluding hydrogens is 436 g/mol. The number of anilines is 1. The number of hydrogen-bond donors (Lipinski definition) is 1. The molecule has 0 radical (unpaired) electrons. The van der Waals surface area contributed by atoms with Gasteiger partial charge in [-0.2, -0.15) is 0 Å². The van der Waals surface area contributed by atoms with E-state index >= 15 is 0 Å². The van der Waals surface area contributed by atoms with E-state index in [2.05, 4.69) is 118 Å². The third-order valence-corrected chi connectivity index (χ3v) is 6.82. The maximum atomic E-state index is 5.88. The Hall–Kier alpha value is -3.96. The number of rotatable bonds is 4. The summed E-state index contributed by atoms with van der Waals surface area (Å²) in [7, 11) is 0. The Bertz CT molecular complexity index is 1470. The first-order valence-electron chi connectivity index (χ1n) is 11.4. The zero-order valence-corrected chi connectivity index (χ0v) is 19.6. The van der Waals surface area contributed by atoms with E-state index in [1.807, 2.05) is 18.3 Å². The normalized spacial score (nSPS) is 17.8. The van der Waals surface area contributed by atoms with Crippen molar-refractivity contribution < 1.29 is 0 Å². The molecule has 34 heavy (non-hydrogen) atoms. The minimum atomic E-state index is -0.0795. The average Bonchev–Trinajstić information content (AvgIpc) is 3.49. The van der Waals surface area contributed by atoms with Crippen LogP contribution in [0.2, 0.25) is 0 Å². The molecule has 0 bridgehead atoms. The van der Waals surface area contributed by atoms with Crippen LogP contribution in [0.4, 0.5) is 5.69 Å². The Balaban J connectivity index is 1.51. The lowest BCUT2D eigenvalue weighted by Crippen LogP contribution is -2.30. The Labute approximate surface area is 204 Å². The van der Waals surface area contributed by atoms with Gasteiger partial charge in [0.1, 0.15) is 6.04 Å². The van der Waals surface area contributed by atoms with Gasteiger partial charge in [-0.05, 0) is 78.4 Å². The molecule has 0 amide bonds. The van der Waals surface area contributed by atoms with Crippen LogP contribution >= 0.6 is 12.2 Å². The molecule has 166 valence electrons. The number of pyridine rings is 1. The number of hydrogen-bond acceptors (Lipinski definition) is 2. The highest BCUT2D eigenvalue weighted by Gasteiger charge is 2.42. The molecule has 1 aliphatic rings. The number of nitrogens with zero attached hydrogens (tertiary/aromatic N) is 3. The minimum Gasteiger partial charge on any atom is -0.351 e. The van der Waals surface area contributed by atoms with Crippen LogP contribution in [-0.4, -0.2) is 14.7 Å². The predicted octanol–water partition coefficient (Wildman–Crippen LogP) is 6.51. The van der Waals surface area contributed by atoms with Gasteiger partial charge in [0.25, 0.3) is 0 Å². The highest BCUT2D eigenvalue weighted by molar-refractivity contribution is 7.80. The summed E-state index contributed by atoms with van der Waals surface area (Å²) in [6.45, 7) is 2.10. The third kappa shape index (κ3) is 3.55. The first-order chi connectivity index (χ1) is 16.7. The van der Waals surface area contributed by atoms with Crippen LogP contribution in [0.3, 0.4) is 0 Å². The summed E-state index contributed by atoms with van der Waals surface area (Å²) in [4.78, 5) is 6.91. The molecule has 3 heterocycles. The fourth-order valence-electron chi connectivity index (χ4n) is 4.84. The summed E-state index contributed by atoms with van der Waals surface area (Å²) in [5.74, 6) is 0. The molecule has 5 aromatic rings. The second-order valence-corrected chi connectivity index (χ2v) is 9.05. The number of nitrogens with one attached hydrogen (secondary N) is 1. The average molecular weight is 461 g/mol. The van der Waals surface area contributed by atoms with Crippen molar-refractivity contribution in [1.82, 2.24) is 14.9 Å². The lowest BCUT2D eigenvalue weighted by Gasteiger charge is -2.29. The molecule has 5 heteroatoms. The van der Waals surface area contributed by atoms with Crippen LogP contribution < -0.4 is 10.2 Å². The largest absolute Gasteiger partial charge is 0.351 e. The van der Waals surface area contributed by atoms with Crippen molar-refractivity contribution in [3.8, 4) is 5.69 Å². The SMILES string of the molecule is Cc1ccc(N2C(=S)NC(c3ccccn3)C2c2cccn2-c2ccc3ccccc3c2)cc1. The quantitative estimate of drug-likeness (QED) is 0.310. The van der Waals surface area contributed by atoms with Crippen LogP contribution in [0.25, 0.3) is 16.5 Å². The lowest BCUT2D eigenvalue weighted by atomic mass is 10.0. The highest BCUT2D eigenvalue weighted by Crippen LogP contribution is 2.42. The van der Waals surface area contributed by atoms with Crippen LogP contribution in [0, 0.1) is 6.92 Å². The molecule has 4 nitrogen and oxygen atoms in total. The fourth-order valence-corrected chi connectivity index (χ4v) is 5.18. The summed E-state index contributed by atoms with van der Waals surface area (Å²) >= 11 is 5.88. The minimum absolute atomic E-state index is 0.0634. The molecule has 1 aliphatic heterocycles. The monoisotopic (exact) mass is 460 g/mol. The van der Waals surface area contributed by atoms with Gasteiger partial charge in [-0.3, -0.25) is 4.98 Å². The van der Waals surface area contributed by atoms with Gasteiger partial charge in [0, 0.05) is 29.5 Å². The van der Waals surface area contributed by atoms with E-state index in [4.69, 9.17) is 12.2 Å². The van der Waals surface area contributed by atoms with Gasteiger partial charge in [0.15, 0.2) is 5.11 Å². The summed E-state index contributed by atoms with van der Waals surface area (Å²) in [6.07, 6.45) is 3.97. The fraction of sp³-hybridized carbons (Fsp3) is 0.103. The first-order valence-corrected chi connectivity index (χ1v) is 11.8. The van der Waals surface area contributed by atoms with Gasteiger partial charge in [-0.15, -0.1) is 0 Å². The van der Waals surface area contributed by atoms with E-state index < -0.39 is 0 Å². The van der Waals surface area contributed by atoms with Crippen LogP contribution in [0.5, 0.6) is 0 Å². The molecule has 2 aromatic heterocycles. The number of aryl methyl sites for hydroxylation is 1. The number of benzene rings is 3. The van der Waals surface area contributed by atoms with Crippen LogP contribution in [0.15, 0.2) is 109 Å². The summed E-state index contributed by atoms with van der Waals surface area (Å²) in [5, 5.41) is 6.72. The zero-order chi connectivity index (χ0) is 23.1. The van der Waals surface area contributed by atoms with E-state index in [-0.39, 0.29) is 12.1 Å². The standard InChI is InChI=1S/C29H24N4S/c1-20-11-14-23(15-12-20)33-28(27(31-29(33)34)25-9-4-5-17-30-25)26-10-6-18-32(26)24-16-13-21-7-2-3-8-22(21)19-24/h2-19,27-28H,1H3,(H,31,34). The maximum absolute atomic E-state index is 5.88. The second-order valence-electron chi connectivity index (χ2n) is 8.67. The molecule has 1 saturated heterocycles. The van der Waals surface area contributed by atoms with E-state index in [1.54, 1.807) is 0 Å². The van der Waals surface area contributed by atoms with Gasteiger partial charge in [0.05, 0.1) is 11.7 Å². The molecule has 6 rings (SSSR count). The Morgan fingerprint density at radius 3 is 2.35 bits per heavy atom. The van der Waals surface area contributed by atoms with Gasteiger partial charge in [0.2, 0.25) is 0 Å². The van der Waals surface area contributed by atoms with Gasteiger partial charge >= 0.3 is 0 Å². The van der Waals surface area contributed by atoms with Gasteiger partial charge < -0.3 is 14.8 Å². The molecule has 0 spiro atoms. The highest BCUT2D eigenvalue weighted by atomic mass is 32.1. The Morgan fingerprint density at radius 2 is 1.56 bits per heavy atom. The molecule has 3 aromatic carbocycles. The topological polar surface area (TPSA) is 33.1 Å². The van der Waals surface area contributed by atoms with Crippen molar-refractivity contribution in [3.63, 3.8) is 0 Å². The predicted molar refractivity (Wildman–Crippen MR) is 142 cm³/mol. The zero-order valence-electron chi connectivity index (χ0n) is 18.8. The molecule has 2 unspecified atom stereocenters. The summed E-state index contributed by atoms with van der Waals surface area (Å²) in [5.41, 5.74) is 5.53. The van der Waals surface area contributed by atoms with Crippen molar-refractivity contribution in [1.29, 1.82) is 0 Å². The summed E-state index contributed by atoms with van der Waals surface area (Å²) < 4.78 is 2.27. The first kappa shape index (κ1) is 20.6. The molecule has 1 N–H and O–H groups in total. The Kier molecular flexibility index (Phi) is 5.12. The number of thiocarbonyl (C=S) groups is 1. The molecule has 0 saturated carbocycles. The van der Waals surface area contributed by atoms with E-state index in [0.29, 0.717) is 5.11 Å². The maximum Gasteiger partial charge on any atom is 0.174 e. The number of aromatic nitrogens is 2. The van der Waals surface area contributed by atoms with E-state index in [1.165, 1.54) is 16.3 Å². The molecular formula is C29H24N4S. The van der Waals surface area contributed by atoms with Gasteiger partial charge in [-0.25, -0.2) is 0 Å². The van der Waals surface area contributed by atoms with Crippen molar-refractivity contribution in [2.75, 3.05) is 4.90 Å². The smallest absolute Gasteiger partial charge is 0.174 e. The summed E-state index contributed by atoms with van der Waals surface area (Å²) in [6, 6.07) is 33.8. The van der Waals surface area contributed by atoms with Crippen LogP contribution in [-0.2, 0) is 0 Å². The van der Waals surface area contributed by atoms with Crippen molar-refractivity contribution in [2.45, 2.75) is 19.0 Å². The molecule has 2 atom stereocenters. The lowest BCUT2D eigenvalue weighted by molar-refractivity contribution is 0.549. The molecule has 1 fully saturated rings. The van der Waals surface area contributed by atoms with Gasteiger partial charge in [-0.1, -0.05) is 54.1 Å². The van der Waals surface area contributed by atoms with E-state index in [0.717, 1.165) is 22.8 Å². The van der Waals surface area contributed by atoms with Crippen molar-refractivity contribution in [3.05, 3.63) is 126 Å².